The zero-order valence-corrected chi connectivity index (χ0v) is 16.6. The van der Waals surface area contributed by atoms with Gasteiger partial charge in [0.15, 0.2) is 17.6 Å². The Hall–Kier alpha value is -1.99. The van der Waals surface area contributed by atoms with Gasteiger partial charge in [0.2, 0.25) is 6.79 Å². The number of fused-ring (bicyclic) bond motifs is 1. The van der Waals surface area contributed by atoms with Crippen LogP contribution in [0.25, 0.3) is 0 Å². The van der Waals surface area contributed by atoms with Crippen LogP contribution in [0.5, 0.6) is 17.2 Å². The van der Waals surface area contributed by atoms with Crippen molar-refractivity contribution in [2.75, 3.05) is 46.2 Å². The van der Waals surface area contributed by atoms with Crippen molar-refractivity contribution in [2.45, 2.75) is 38.7 Å². The largest absolute Gasteiger partial charge is 0.481 e. The summed E-state index contributed by atoms with van der Waals surface area (Å²) in [7, 11) is 0. The molecule has 1 amide bonds. The van der Waals surface area contributed by atoms with E-state index in [1.807, 2.05) is 0 Å². The number of nitrogens with one attached hydrogen (secondary N) is 1. The van der Waals surface area contributed by atoms with Crippen molar-refractivity contribution in [3.05, 3.63) is 18.2 Å². The van der Waals surface area contributed by atoms with Crippen molar-refractivity contribution in [1.82, 2.24) is 10.2 Å². The Morgan fingerprint density at radius 2 is 1.96 bits per heavy atom. The minimum absolute atomic E-state index is 0.0926. The van der Waals surface area contributed by atoms with Crippen molar-refractivity contribution in [3.8, 4) is 17.2 Å². The lowest BCUT2D eigenvalue weighted by molar-refractivity contribution is -0.128. The number of carbonyl (C=O) groups excluding carboxylic acids is 1. The van der Waals surface area contributed by atoms with E-state index < -0.39 is 6.10 Å². The highest BCUT2D eigenvalue weighted by atomic mass is 16.7. The third-order valence-electron chi connectivity index (χ3n) is 5.97. The van der Waals surface area contributed by atoms with Gasteiger partial charge in [-0.2, -0.15) is 0 Å². The normalized spacial score (nSPS) is 22.0. The fourth-order valence-electron chi connectivity index (χ4n) is 4.24. The standard InChI is InChI=1S/C21H30N2O5/c1-16(28-17-4-5-18-19(12-17)27-15-26-18)20(24)22-13-21(6-10-25-11-7-21)14-23-8-2-3-9-23/h4-5,12,16H,2-3,6-11,13-15H2,1H3,(H,22,24). The summed E-state index contributed by atoms with van der Waals surface area (Å²) < 4.78 is 22.1. The molecule has 7 nitrogen and oxygen atoms in total. The fraction of sp³-hybridized carbons (Fsp3) is 0.667. The summed E-state index contributed by atoms with van der Waals surface area (Å²) in [6.07, 6.45) is 3.95. The Morgan fingerprint density at radius 1 is 1.21 bits per heavy atom. The van der Waals surface area contributed by atoms with Crippen molar-refractivity contribution in [1.29, 1.82) is 0 Å². The summed E-state index contributed by atoms with van der Waals surface area (Å²) in [6.45, 7) is 7.57. The van der Waals surface area contributed by atoms with E-state index in [1.165, 1.54) is 25.9 Å². The van der Waals surface area contributed by atoms with Gasteiger partial charge in [0.25, 0.3) is 5.91 Å². The second kappa shape index (κ2) is 8.57. The van der Waals surface area contributed by atoms with Crippen molar-refractivity contribution in [2.24, 2.45) is 5.41 Å². The van der Waals surface area contributed by atoms with E-state index >= 15 is 0 Å². The Morgan fingerprint density at radius 3 is 2.75 bits per heavy atom. The zero-order valence-electron chi connectivity index (χ0n) is 16.6. The molecule has 4 rings (SSSR count). The molecule has 1 aromatic carbocycles. The highest BCUT2D eigenvalue weighted by Crippen LogP contribution is 2.35. The highest BCUT2D eigenvalue weighted by Gasteiger charge is 2.36. The monoisotopic (exact) mass is 390 g/mol. The smallest absolute Gasteiger partial charge is 0.260 e. The maximum absolute atomic E-state index is 12.7. The lowest BCUT2D eigenvalue weighted by Gasteiger charge is -2.40. The molecule has 2 saturated heterocycles. The molecule has 3 heterocycles. The molecular weight excluding hydrogens is 360 g/mol. The summed E-state index contributed by atoms with van der Waals surface area (Å²) in [5.41, 5.74) is 0.0940. The molecule has 1 N–H and O–H groups in total. The first kappa shape index (κ1) is 19.3. The maximum Gasteiger partial charge on any atom is 0.260 e. The molecule has 0 bridgehead atoms. The SMILES string of the molecule is CC(Oc1ccc2c(c1)OCO2)C(=O)NCC1(CN2CCCC2)CCOCC1. The van der Waals surface area contributed by atoms with Crippen LogP contribution in [-0.2, 0) is 9.53 Å². The van der Waals surface area contributed by atoms with Gasteiger partial charge in [0, 0.05) is 37.8 Å². The van der Waals surface area contributed by atoms with Gasteiger partial charge >= 0.3 is 0 Å². The quantitative estimate of drug-likeness (QED) is 0.770. The third kappa shape index (κ3) is 4.52. The van der Waals surface area contributed by atoms with E-state index in [4.69, 9.17) is 18.9 Å². The van der Waals surface area contributed by atoms with Crippen molar-refractivity contribution >= 4 is 5.91 Å². The average molecular weight is 390 g/mol. The van der Waals surface area contributed by atoms with Crippen LogP contribution < -0.4 is 19.5 Å². The summed E-state index contributed by atoms with van der Waals surface area (Å²) in [4.78, 5) is 15.2. The first-order valence-corrected chi connectivity index (χ1v) is 10.3. The highest BCUT2D eigenvalue weighted by molar-refractivity contribution is 5.80. The number of ether oxygens (including phenoxy) is 4. The molecule has 1 aromatic rings. The molecule has 3 aliphatic heterocycles. The second-order valence-corrected chi connectivity index (χ2v) is 8.09. The molecular formula is C21H30N2O5. The van der Waals surface area contributed by atoms with Gasteiger partial charge in [-0.1, -0.05) is 0 Å². The van der Waals surface area contributed by atoms with Crippen LogP contribution in [0.2, 0.25) is 0 Å². The van der Waals surface area contributed by atoms with Gasteiger partial charge in [-0.15, -0.1) is 0 Å². The molecule has 0 aliphatic carbocycles. The van der Waals surface area contributed by atoms with E-state index in [0.717, 1.165) is 32.6 Å². The number of amides is 1. The lowest BCUT2D eigenvalue weighted by atomic mass is 9.79. The molecule has 0 spiro atoms. The van der Waals surface area contributed by atoms with Crippen LogP contribution >= 0.6 is 0 Å². The van der Waals surface area contributed by atoms with Crippen LogP contribution in [0, 0.1) is 5.41 Å². The molecule has 0 radical (unpaired) electrons. The molecule has 0 aromatic heterocycles. The molecule has 3 aliphatic rings. The van der Waals surface area contributed by atoms with E-state index in [9.17, 15) is 4.79 Å². The van der Waals surface area contributed by atoms with Crippen LogP contribution in [0.1, 0.15) is 32.6 Å². The maximum atomic E-state index is 12.7. The number of carbonyl (C=O) groups is 1. The number of hydrogen-bond donors (Lipinski definition) is 1. The molecule has 1 unspecified atom stereocenters. The van der Waals surface area contributed by atoms with E-state index in [1.54, 1.807) is 25.1 Å². The molecule has 7 heteroatoms. The van der Waals surface area contributed by atoms with E-state index in [-0.39, 0.29) is 18.1 Å². The summed E-state index contributed by atoms with van der Waals surface area (Å²) in [5, 5.41) is 3.14. The van der Waals surface area contributed by atoms with Gasteiger partial charge in [-0.3, -0.25) is 4.79 Å². The minimum atomic E-state index is -0.580. The fourth-order valence-corrected chi connectivity index (χ4v) is 4.24. The topological polar surface area (TPSA) is 69.3 Å². The van der Waals surface area contributed by atoms with Gasteiger partial charge in [-0.05, 0) is 57.8 Å². The van der Waals surface area contributed by atoms with Crippen LogP contribution in [-0.4, -0.2) is 63.1 Å². The van der Waals surface area contributed by atoms with E-state index in [0.29, 0.717) is 23.8 Å². The van der Waals surface area contributed by atoms with Gasteiger partial charge in [-0.25, -0.2) is 0 Å². The van der Waals surface area contributed by atoms with Crippen LogP contribution in [0.3, 0.4) is 0 Å². The Kier molecular flexibility index (Phi) is 5.92. The number of rotatable bonds is 7. The predicted molar refractivity (Wildman–Crippen MR) is 104 cm³/mol. The van der Waals surface area contributed by atoms with E-state index in [2.05, 4.69) is 10.2 Å². The van der Waals surface area contributed by atoms with Gasteiger partial charge in [0.05, 0.1) is 0 Å². The summed E-state index contributed by atoms with van der Waals surface area (Å²) >= 11 is 0. The molecule has 2 fully saturated rings. The third-order valence-corrected chi connectivity index (χ3v) is 5.97. The first-order chi connectivity index (χ1) is 13.6. The van der Waals surface area contributed by atoms with Crippen molar-refractivity contribution < 1.29 is 23.7 Å². The Bertz CT molecular complexity index is 683. The van der Waals surface area contributed by atoms with Crippen LogP contribution in [0.4, 0.5) is 0 Å². The van der Waals surface area contributed by atoms with Crippen molar-refractivity contribution in [3.63, 3.8) is 0 Å². The van der Waals surface area contributed by atoms with Gasteiger partial charge in [0.1, 0.15) is 5.75 Å². The zero-order chi connectivity index (χ0) is 19.4. The predicted octanol–water partition coefficient (Wildman–Crippen LogP) is 2.19. The Balaban J connectivity index is 1.32. The average Bonchev–Trinajstić information content (AvgIpc) is 3.38. The molecule has 1 atom stereocenters. The first-order valence-electron chi connectivity index (χ1n) is 10.3. The van der Waals surface area contributed by atoms with Crippen LogP contribution in [0.15, 0.2) is 18.2 Å². The number of likely N-dealkylation sites (tertiary alicyclic amines) is 1. The number of benzene rings is 1. The Labute approximate surface area is 166 Å². The number of nitrogens with zero attached hydrogens (tertiary/aromatic N) is 1. The minimum Gasteiger partial charge on any atom is -0.481 e. The molecule has 28 heavy (non-hydrogen) atoms. The summed E-state index contributed by atoms with van der Waals surface area (Å²) in [5.74, 6) is 1.86. The lowest BCUT2D eigenvalue weighted by Crippen LogP contribution is -2.49. The van der Waals surface area contributed by atoms with Gasteiger partial charge < -0.3 is 29.2 Å². The molecule has 0 saturated carbocycles. The summed E-state index contributed by atoms with van der Waals surface area (Å²) in [6, 6.07) is 5.36. The second-order valence-electron chi connectivity index (χ2n) is 8.09. The molecule has 154 valence electrons. The number of hydrogen-bond acceptors (Lipinski definition) is 6.